The Morgan fingerprint density at radius 1 is 0.655 bits per heavy atom. The lowest BCUT2D eigenvalue weighted by Crippen LogP contribution is -2.57. The van der Waals surface area contributed by atoms with Gasteiger partial charge >= 0.3 is 0 Å². The number of aliphatic hydroxyl groups excluding tert-OH is 5. The number of hydrogen-bond donors (Lipinski definition) is 7. The minimum atomic E-state index is -1.28. The van der Waals surface area contributed by atoms with E-state index in [2.05, 4.69) is 27.7 Å². The number of ketones is 3. The van der Waals surface area contributed by atoms with Crippen molar-refractivity contribution < 1.29 is 50.1 Å². The zero-order valence-corrected chi connectivity index (χ0v) is 36.4. The molecule has 0 amide bonds. The third-order valence-electron chi connectivity index (χ3n) is 18.8. The highest BCUT2D eigenvalue weighted by Crippen LogP contribution is 2.68. The maximum absolute atomic E-state index is 13.2. The van der Waals surface area contributed by atoms with Crippen LogP contribution in [0.3, 0.4) is 0 Å². The summed E-state index contributed by atoms with van der Waals surface area (Å²) in [5.41, 5.74) is -0.635. The molecule has 0 saturated heterocycles. The smallest absolute Gasteiger partial charge is 0.159 e. The van der Waals surface area contributed by atoms with Gasteiger partial charge in [0.15, 0.2) is 11.6 Å². The number of fused-ring (bicyclic) bond motifs is 10. The maximum atomic E-state index is 13.2. The summed E-state index contributed by atoms with van der Waals surface area (Å²) in [6, 6.07) is 0. The van der Waals surface area contributed by atoms with Crippen LogP contribution in [-0.4, -0.2) is 94.8 Å². The molecule has 0 aromatic heterocycles. The molecule has 0 aliphatic heterocycles. The van der Waals surface area contributed by atoms with Crippen molar-refractivity contribution in [1.29, 1.82) is 0 Å². The Morgan fingerprint density at radius 3 is 1.55 bits per heavy atom. The van der Waals surface area contributed by atoms with Gasteiger partial charge in [0.1, 0.15) is 5.78 Å². The van der Waals surface area contributed by atoms with Crippen LogP contribution in [0.5, 0.6) is 0 Å². The van der Waals surface area contributed by atoms with E-state index in [0.717, 1.165) is 51.4 Å². The van der Waals surface area contributed by atoms with Gasteiger partial charge in [-0.15, -0.1) is 0 Å². The molecular formula is C48H74O10. The van der Waals surface area contributed by atoms with Gasteiger partial charge in [0, 0.05) is 17.8 Å². The highest BCUT2D eigenvalue weighted by Gasteiger charge is 2.64. The number of aliphatic hydroxyl groups is 7. The first-order valence-corrected chi connectivity index (χ1v) is 22.7. The molecular weight excluding hydrogens is 737 g/mol. The van der Waals surface area contributed by atoms with E-state index in [1.165, 1.54) is 11.1 Å². The first kappa shape index (κ1) is 44.3. The van der Waals surface area contributed by atoms with Crippen molar-refractivity contribution in [1.82, 2.24) is 0 Å². The first-order chi connectivity index (χ1) is 26.8. The number of carbonyl (C=O) groups excluding carboxylic acids is 3. The van der Waals surface area contributed by atoms with Gasteiger partial charge < -0.3 is 35.7 Å². The van der Waals surface area contributed by atoms with Gasteiger partial charge in [-0.25, -0.2) is 0 Å². The second-order valence-electron chi connectivity index (χ2n) is 22.6. The molecule has 0 aromatic rings. The Bertz CT molecular complexity index is 1710. The van der Waals surface area contributed by atoms with Crippen molar-refractivity contribution in [2.75, 3.05) is 0 Å². The van der Waals surface area contributed by atoms with Gasteiger partial charge in [-0.05, 0) is 181 Å². The van der Waals surface area contributed by atoms with Crippen LogP contribution in [0.1, 0.15) is 145 Å². The van der Waals surface area contributed by atoms with Crippen molar-refractivity contribution in [3.8, 4) is 0 Å². The van der Waals surface area contributed by atoms with Crippen LogP contribution in [-0.2, 0) is 14.4 Å². The van der Waals surface area contributed by atoms with E-state index in [1.807, 2.05) is 12.2 Å². The summed E-state index contributed by atoms with van der Waals surface area (Å²) in [6.45, 7) is 15.6. The van der Waals surface area contributed by atoms with Crippen molar-refractivity contribution in [2.45, 2.75) is 187 Å². The molecule has 8 aliphatic carbocycles. The topological polar surface area (TPSA) is 193 Å². The van der Waals surface area contributed by atoms with Crippen LogP contribution in [0.25, 0.3) is 0 Å². The average Bonchev–Trinajstić information content (AvgIpc) is 3.67. The van der Waals surface area contributed by atoms with Crippen LogP contribution in [0.4, 0.5) is 0 Å². The van der Waals surface area contributed by atoms with Gasteiger partial charge in [-0.1, -0.05) is 38.8 Å². The monoisotopic (exact) mass is 811 g/mol. The summed E-state index contributed by atoms with van der Waals surface area (Å²) in [6.07, 6.45) is 9.31. The quantitative estimate of drug-likeness (QED) is 0.183. The normalized spacial score (nSPS) is 48.6. The van der Waals surface area contributed by atoms with Crippen molar-refractivity contribution in [3.05, 3.63) is 23.3 Å². The van der Waals surface area contributed by atoms with E-state index in [-0.39, 0.29) is 74.5 Å². The van der Waals surface area contributed by atoms with Crippen molar-refractivity contribution >= 4 is 17.3 Å². The van der Waals surface area contributed by atoms with Crippen LogP contribution in [0, 0.1) is 69.0 Å². The van der Waals surface area contributed by atoms with Crippen molar-refractivity contribution in [2.24, 2.45) is 69.0 Å². The fourth-order valence-corrected chi connectivity index (χ4v) is 15.4. The molecule has 7 N–H and O–H groups in total. The van der Waals surface area contributed by atoms with E-state index in [4.69, 9.17) is 0 Å². The van der Waals surface area contributed by atoms with E-state index < -0.39 is 41.7 Å². The predicted molar refractivity (Wildman–Crippen MR) is 219 cm³/mol. The molecule has 18 atom stereocenters. The van der Waals surface area contributed by atoms with E-state index >= 15 is 0 Å². The summed E-state index contributed by atoms with van der Waals surface area (Å²) in [4.78, 5) is 38.3. The summed E-state index contributed by atoms with van der Waals surface area (Å²) in [5, 5.41) is 73.6. The van der Waals surface area contributed by atoms with Crippen LogP contribution < -0.4 is 0 Å². The lowest BCUT2D eigenvalue weighted by Gasteiger charge is -2.58. The number of rotatable bonds is 6. The van der Waals surface area contributed by atoms with Gasteiger partial charge in [0.05, 0.1) is 41.7 Å². The summed E-state index contributed by atoms with van der Waals surface area (Å²) >= 11 is 0. The third kappa shape index (κ3) is 6.99. The Kier molecular flexibility index (Phi) is 11.4. The molecule has 326 valence electrons. The fraction of sp³-hybridized carbons (Fsp3) is 0.854. The van der Waals surface area contributed by atoms with Gasteiger partial charge in [-0.2, -0.15) is 0 Å². The largest absolute Gasteiger partial charge is 0.390 e. The Labute approximate surface area is 346 Å². The minimum absolute atomic E-state index is 0.0234. The lowest BCUT2D eigenvalue weighted by atomic mass is 9.47. The Morgan fingerprint density at radius 2 is 1.09 bits per heavy atom. The summed E-state index contributed by atoms with van der Waals surface area (Å²) < 4.78 is 0. The van der Waals surface area contributed by atoms with Gasteiger partial charge in [0.2, 0.25) is 0 Å². The third-order valence-corrected chi connectivity index (χ3v) is 18.8. The molecule has 6 fully saturated rings. The highest BCUT2D eigenvalue weighted by molar-refractivity contribution is 5.95. The molecule has 8 rings (SSSR count). The average molecular weight is 811 g/mol. The fourth-order valence-electron chi connectivity index (χ4n) is 15.4. The first-order valence-electron chi connectivity index (χ1n) is 22.7. The second-order valence-corrected chi connectivity index (χ2v) is 22.6. The molecule has 0 aromatic carbocycles. The number of carbonyl (C=O) groups is 3. The molecule has 0 radical (unpaired) electrons. The second kappa shape index (κ2) is 14.9. The predicted octanol–water partition coefficient (Wildman–Crippen LogP) is 5.40. The molecule has 58 heavy (non-hydrogen) atoms. The number of allylic oxidation sites excluding steroid dienone is 4. The number of Topliss-reactive ketones (excluding diaryl/α,β-unsaturated/α-hetero) is 1. The van der Waals surface area contributed by atoms with Crippen LogP contribution >= 0.6 is 0 Å². The zero-order chi connectivity index (χ0) is 42.7. The minimum Gasteiger partial charge on any atom is -0.390 e. The summed E-state index contributed by atoms with van der Waals surface area (Å²) in [5.74, 6) is 1.01. The van der Waals surface area contributed by atoms with E-state index in [1.54, 1.807) is 27.7 Å². The van der Waals surface area contributed by atoms with Crippen LogP contribution in [0.2, 0.25) is 0 Å². The molecule has 0 heterocycles. The molecule has 10 heteroatoms. The van der Waals surface area contributed by atoms with E-state index in [9.17, 15) is 50.1 Å². The molecule has 4 unspecified atom stereocenters. The zero-order valence-electron chi connectivity index (χ0n) is 36.4. The van der Waals surface area contributed by atoms with Crippen LogP contribution in [0.15, 0.2) is 23.3 Å². The lowest BCUT2D eigenvalue weighted by molar-refractivity contribution is -0.152. The molecule has 8 aliphatic rings. The molecule has 0 bridgehead atoms. The Balaban J connectivity index is 0.000000183. The van der Waals surface area contributed by atoms with Gasteiger partial charge in [0.25, 0.3) is 0 Å². The standard InChI is InChI=1S/C27H44O6.C21H30O4/c1-24(2,32)10-9-23(31)27(5,33)22-7-6-16-15-12-19(28)18-13-20(29)21(30)14-26(18,4)17(15)8-11-25(16,22)3;1-11(22)13-4-5-14-12-8-17(23)16-9-18(24)19(25)10-21(16,3)15(12)6-7-20(13,14)2/h12,16-18,20-23,29-33H,6-11,13-14H2,1-5H3;8,13-16,18-19,24-25H,4-7,9-10H2,1-3H3/t16?,17?,18-,20+,21-,22-,23+,25-,26+,27+;13-,14?,15?,16+,18-,19+,20-,21-/m01/s1. The Hall–Kier alpha value is -1.79. The SMILES string of the molecule is CC(=O)[C@H]1CCC2C3=CC(=O)[C@@H]4C[C@@H](O)[C@@H](O)C[C@]4(C)C3CC[C@@]21C.CC(C)(O)CC[C@@H](O)[C@](C)(O)[C@H]1CCC2C3=CC(=O)[C@@H]4C[C@@H](O)[C@@H](O)C[C@]4(C)C3CC[C@@]21C. The summed E-state index contributed by atoms with van der Waals surface area (Å²) in [7, 11) is 0. The van der Waals surface area contributed by atoms with E-state index in [0.29, 0.717) is 50.4 Å². The maximum Gasteiger partial charge on any atom is 0.159 e. The molecule has 0 spiro atoms. The van der Waals surface area contributed by atoms with Gasteiger partial charge in [-0.3, -0.25) is 14.4 Å². The van der Waals surface area contributed by atoms with Crippen molar-refractivity contribution in [3.63, 3.8) is 0 Å². The highest BCUT2D eigenvalue weighted by atomic mass is 16.3. The molecule has 6 saturated carbocycles. The number of hydrogen-bond acceptors (Lipinski definition) is 10. The molecule has 10 nitrogen and oxygen atoms in total.